The first-order valence-electron chi connectivity index (χ1n) is 9.01. The van der Waals surface area contributed by atoms with Crippen molar-refractivity contribution in [2.24, 2.45) is 0 Å². The fourth-order valence-corrected chi connectivity index (χ4v) is 3.27. The van der Waals surface area contributed by atoms with E-state index in [-0.39, 0.29) is 6.04 Å². The van der Waals surface area contributed by atoms with Gasteiger partial charge in [-0.25, -0.2) is 0 Å². The standard InChI is InChI=1S/C20H28N2O4/c1-15-4-7-19(26-15)18(22-8-10-25-11-9-22)14-21-13-16-5-6-17(23-2)12-20(16)24-3/h4-7,12,18,21H,8-11,13-14H2,1-3H3. The van der Waals surface area contributed by atoms with Gasteiger partial charge in [-0.15, -0.1) is 0 Å². The molecule has 0 bridgehead atoms. The Morgan fingerprint density at radius 2 is 1.92 bits per heavy atom. The van der Waals surface area contributed by atoms with Gasteiger partial charge >= 0.3 is 0 Å². The summed E-state index contributed by atoms with van der Waals surface area (Å²) in [6.45, 7) is 6.85. The van der Waals surface area contributed by atoms with Crippen molar-refractivity contribution in [2.75, 3.05) is 47.1 Å². The van der Waals surface area contributed by atoms with Gasteiger partial charge in [0.05, 0.1) is 33.5 Å². The van der Waals surface area contributed by atoms with Crippen LogP contribution in [0.25, 0.3) is 0 Å². The van der Waals surface area contributed by atoms with E-state index in [2.05, 4.69) is 16.3 Å². The molecule has 1 aliphatic rings. The van der Waals surface area contributed by atoms with Crippen molar-refractivity contribution in [2.45, 2.75) is 19.5 Å². The molecule has 1 atom stereocenters. The van der Waals surface area contributed by atoms with Crippen LogP contribution in [-0.2, 0) is 11.3 Å². The molecule has 1 aromatic carbocycles. The summed E-state index contributed by atoms with van der Waals surface area (Å²) in [5.41, 5.74) is 1.10. The van der Waals surface area contributed by atoms with E-state index in [0.717, 1.165) is 61.4 Å². The number of nitrogens with one attached hydrogen (secondary N) is 1. The lowest BCUT2D eigenvalue weighted by molar-refractivity contribution is 0.0115. The first-order valence-corrected chi connectivity index (χ1v) is 9.01. The Morgan fingerprint density at radius 1 is 1.12 bits per heavy atom. The average molecular weight is 360 g/mol. The second kappa shape index (κ2) is 9.07. The topological polar surface area (TPSA) is 56.1 Å². The van der Waals surface area contributed by atoms with E-state index in [0.29, 0.717) is 6.54 Å². The molecule has 6 nitrogen and oxygen atoms in total. The molecule has 0 spiro atoms. The Morgan fingerprint density at radius 3 is 2.58 bits per heavy atom. The molecular formula is C20H28N2O4. The minimum atomic E-state index is 0.192. The molecule has 0 saturated carbocycles. The van der Waals surface area contributed by atoms with Gasteiger partial charge in [0.15, 0.2) is 0 Å². The number of ether oxygens (including phenoxy) is 3. The molecular weight excluding hydrogens is 332 g/mol. The fraction of sp³-hybridized carbons (Fsp3) is 0.500. The van der Waals surface area contributed by atoms with E-state index in [1.54, 1.807) is 14.2 Å². The molecule has 26 heavy (non-hydrogen) atoms. The lowest BCUT2D eigenvalue weighted by atomic mass is 10.1. The molecule has 1 N–H and O–H groups in total. The lowest BCUT2D eigenvalue weighted by Gasteiger charge is -2.33. The molecule has 0 radical (unpaired) electrons. The van der Waals surface area contributed by atoms with Crippen molar-refractivity contribution in [3.8, 4) is 11.5 Å². The van der Waals surface area contributed by atoms with E-state index < -0.39 is 0 Å². The van der Waals surface area contributed by atoms with Crippen LogP contribution in [0.1, 0.15) is 23.1 Å². The third-order valence-corrected chi connectivity index (χ3v) is 4.72. The van der Waals surface area contributed by atoms with Gasteiger partial charge in [-0.05, 0) is 25.1 Å². The van der Waals surface area contributed by atoms with Gasteiger partial charge in [0, 0.05) is 37.8 Å². The van der Waals surface area contributed by atoms with Gasteiger partial charge < -0.3 is 23.9 Å². The Bertz CT molecular complexity index is 695. The molecule has 1 fully saturated rings. The number of hydrogen-bond donors (Lipinski definition) is 1. The molecule has 142 valence electrons. The van der Waals surface area contributed by atoms with Crippen LogP contribution in [0.5, 0.6) is 11.5 Å². The largest absolute Gasteiger partial charge is 0.497 e. The van der Waals surface area contributed by atoms with Crippen LogP contribution in [0, 0.1) is 6.92 Å². The van der Waals surface area contributed by atoms with E-state index in [1.165, 1.54) is 0 Å². The number of morpholine rings is 1. The normalized spacial score (nSPS) is 16.4. The maximum absolute atomic E-state index is 5.91. The number of nitrogens with zero attached hydrogens (tertiary/aromatic N) is 1. The zero-order valence-corrected chi connectivity index (χ0v) is 15.8. The Kier molecular flexibility index (Phi) is 6.55. The highest BCUT2D eigenvalue weighted by Gasteiger charge is 2.25. The third-order valence-electron chi connectivity index (χ3n) is 4.72. The van der Waals surface area contributed by atoms with Crippen molar-refractivity contribution in [3.05, 3.63) is 47.4 Å². The summed E-state index contributed by atoms with van der Waals surface area (Å²) in [6, 6.07) is 10.2. The summed E-state index contributed by atoms with van der Waals surface area (Å²) in [6.07, 6.45) is 0. The first-order chi connectivity index (χ1) is 12.7. The molecule has 2 aromatic rings. The number of aryl methyl sites for hydroxylation is 1. The summed E-state index contributed by atoms with van der Waals surface area (Å²) in [4.78, 5) is 2.42. The fourth-order valence-electron chi connectivity index (χ4n) is 3.27. The maximum Gasteiger partial charge on any atom is 0.127 e. The molecule has 0 amide bonds. The molecule has 1 aromatic heterocycles. The molecule has 1 unspecified atom stereocenters. The molecule has 3 rings (SSSR count). The van der Waals surface area contributed by atoms with E-state index in [4.69, 9.17) is 18.6 Å². The Labute approximate surface area is 155 Å². The molecule has 2 heterocycles. The monoisotopic (exact) mass is 360 g/mol. The van der Waals surface area contributed by atoms with Crippen molar-refractivity contribution in [3.63, 3.8) is 0 Å². The van der Waals surface area contributed by atoms with Gasteiger partial charge in [0.2, 0.25) is 0 Å². The summed E-state index contributed by atoms with van der Waals surface area (Å²) in [7, 11) is 3.34. The Hall–Kier alpha value is -2.02. The highest BCUT2D eigenvalue weighted by Crippen LogP contribution is 2.26. The van der Waals surface area contributed by atoms with Gasteiger partial charge in [0.1, 0.15) is 23.0 Å². The summed E-state index contributed by atoms with van der Waals surface area (Å²) in [5, 5.41) is 3.56. The van der Waals surface area contributed by atoms with Crippen LogP contribution in [0.3, 0.4) is 0 Å². The molecule has 0 aliphatic carbocycles. The van der Waals surface area contributed by atoms with E-state index in [9.17, 15) is 0 Å². The van der Waals surface area contributed by atoms with Crippen LogP contribution in [0.2, 0.25) is 0 Å². The van der Waals surface area contributed by atoms with E-state index in [1.807, 2.05) is 31.2 Å². The SMILES string of the molecule is COc1ccc(CNCC(c2ccc(C)o2)N2CCOCC2)c(OC)c1. The maximum atomic E-state index is 5.91. The van der Waals surface area contributed by atoms with Gasteiger partial charge in [-0.2, -0.15) is 0 Å². The predicted octanol–water partition coefficient (Wildman–Crippen LogP) is 2.77. The second-order valence-corrected chi connectivity index (χ2v) is 6.42. The highest BCUT2D eigenvalue weighted by molar-refractivity contribution is 5.40. The highest BCUT2D eigenvalue weighted by atomic mass is 16.5. The summed E-state index contributed by atoms with van der Waals surface area (Å²) in [5.74, 6) is 3.56. The van der Waals surface area contributed by atoms with Crippen molar-refractivity contribution >= 4 is 0 Å². The zero-order chi connectivity index (χ0) is 18.4. The van der Waals surface area contributed by atoms with Gasteiger partial charge in [-0.3, -0.25) is 4.90 Å². The van der Waals surface area contributed by atoms with Crippen molar-refractivity contribution < 1.29 is 18.6 Å². The number of furan rings is 1. The van der Waals surface area contributed by atoms with Gasteiger partial charge in [0.25, 0.3) is 0 Å². The predicted molar refractivity (Wildman–Crippen MR) is 99.8 cm³/mol. The molecule has 6 heteroatoms. The minimum absolute atomic E-state index is 0.192. The number of benzene rings is 1. The lowest BCUT2D eigenvalue weighted by Crippen LogP contribution is -2.42. The number of hydrogen-bond acceptors (Lipinski definition) is 6. The summed E-state index contributed by atoms with van der Waals surface area (Å²) < 4.78 is 22.2. The van der Waals surface area contributed by atoms with Crippen LogP contribution in [-0.4, -0.2) is 52.0 Å². The molecule has 1 saturated heterocycles. The van der Waals surface area contributed by atoms with Gasteiger partial charge in [-0.1, -0.05) is 6.07 Å². The smallest absolute Gasteiger partial charge is 0.127 e. The van der Waals surface area contributed by atoms with Crippen molar-refractivity contribution in [1.29, 1.82) is 0 Å². The number of rotatable bonds is 8. The van der Waals surface area contributed by atoms with Crippen LogP contribution in [0.4, 0.5) is 0 Å². The Balaban J connectivity index is 1.66. The van der Waals surface area contributed by atoms with Crippen LogP contribution in [0.15, 0.2) is 34.7 Å². The zero-order valence-electron chi connectivity index (χ0n) is 15.8. The second-order valence-electron chi connectivity index (χ2n) is 6.42. The average Bonchev–Trinajstić information content (AvgIpc) is 3.11. The van der Waals surface area contributed by atoms with Crippen LogP contribution < -0.4 is 14.8 Å². The summed E-state index contributed by atoms with van der Waals surface area (Å²) >= 11 is 0. The first kappa shape index (κ1) is 18.8. The minimum Gasteiger partial charge on any atom is -0.497 e. The third kappa shape index (κ3) is 4.58. The van der Waals surface area contributed by atoms with E-state index >= 15 is 0 Å². The number of methoxy groups -OCH3 is 2. The quantitative estimate of drug-likeness (QED) is 0.781. The molecule has 1 aliphatic heterocycles. The van der Waals surface area contributed by atoms with Crippen molar-refractivity contribution in [1.82, 2.24) is 10.2 Å². The van der Waals surface area contributed by atoms with Crippen LogP contribution >= 0.6 is 0 Å².